The van der Waals surface area contributed by atoms with Crippen molar-refractivity contribution in [3.63, 3.8) is 0 Å². The number of nitrogens with zero attached hydrogens (tertiary/aromatic N) is 2. The Hall–Kier alpha value is -2.36. The maximum absolute atomic E-state index is 14.0. The Bertz CT molecular complexity index is 918. The van der Waals surface area contributed by atoms with E-state index in [4.69, 9.17) is 4.74 Å². The van der Waals surface area contributed by atoms with Gasteiger partial charge in [-0.3, -0.25) is 9.79 Å². The maximum atomic E-state index is 14.0. The number of carbonyl (C=O) groups excluding carboxylic acids is 1. The van der Waals surface area contributed by atoms with Gasteiger partial charge in [-0.2, -0.15) is 0 Å². The molecule has 1 heterocycles. The van der Waals surface area contributed by atoms with Gasteiger partial charge in [0.15, 0.2) is 17.5 Å². The van der Waals surface area contributed by atoms with Crippen LogP contribution in [0.3, 0.4) is 0 Å². The van der Waals surface area contributed by atoms with E-state index in [2.05, 4.69) is 39.9 Å². The van der Waals surface area contributed by atoms with Crippen molar-refractivity contribution in [2.24, 2.45) is 10.9 Å². The van der Waals surface area contributed by atoms with Gasteiger partial charge in [-0.15, -0.1) is 24.0 Å². The molecule has 0 radical (unpaired) electrons. The Labute approximate surface area is 213 Å². The highest BCUT2D eigenvalue weighted by Gasteiger charge is 2.23. The maximum Gasteiger partial charge on any atom is 0.241 e. The lowest BCUT2D eigenvalue weighted by Gasteiger charge is -2.32. The molecule has 1 saturated heterocycles. The Balaban J connectivity index is 0.00000385. The molecule has 0 saturated carbocycles. The molecule has 1 unspecified atom stereocenters. The number of nitrogens with one attached hydrogen (secondary N) is 2. The Morgan fingerprint density at radius 2 is 1.91 bits per heavy atom. The minimum atomic E-state index is -0.410. The number of hydrogen-bond acceptors (Lipinski definition) is 3. The normalized spacial score (nSPS) is 15.4. The third kappa shape index (κ3) is 7.87. The van der Waals surface area contributed by atoms with Crippen molar-refractivity contribution in [2.75, 3.05) is 33.8 Å². The highest BCUT2D eigenvalue weighted by molar-refractivity contribution is 14.0. The number of methoxy groups -OCH3 is 1. The topological polar surface area (TPSA) is 66.0 Å². The van der Waals surface area contributed by atoms with Gasteiger partial charge < -0.3 is 20.3 Å². The number of guanidine groups is 1. The van der Waals surface area contributed by atoms with Crippen molar-refractivity contribution < 1.29 is 13.9 Å². The minimum Gasteiger partial charge on any atom is -0.494 e. The second kappa shape index (κ2) is 13.4. The molecule has 33 heavy (non-hydrogen) atoms. The number of carbonyl (C=O) groups is 1. The van der Waals surface area contributed by atoms with Gasteiger partial charge in [0.25, 0.3) is 0 Å². The monoisotopic (exact) mass is 568 g/mol. The van der Waals surface area contributed by atoms with Crippen LogP contribution in [0, 0.1) is 11.7 Å². The van der Waals surface area contributed by atoms with Gasteiger partial charge in [0.1, 0.15) is 0 Å². The summed E-state index contributed by atoms with van der Waals surface area (Å²) < 4.78 is 19.0. The fourth-order valence-corrected chi connectivity index (χ4v) is 4.04. The van der Waals surface area contributed by atoms with Gasteiger partial charge in [0.2, 0.25) is 5.91 Å². The van der Waals surface area contributed by atoms with Crippen molar-refractivity contribution in [2.45, 2.75) is 32.2 Å². The average molecular weight is 568 g/mol. The van der Waals surface area contributed by atoms with E-state index in [0.717, 1.165) is 37.9 Å². The van der Waals surface area contributed by atoms with E-state index in [0.29, 0.717) is 11.9 Å². The molecule has 180 valence electrons. The molecule has 1 aliphatic heterocycles. The molecule has 1 amide bonds. The summed E-state index contributed by atoms with van der Waals surface area (Å²) >= 11 is 0. The summed E-state index contributed by atoms with van der Waals surface area (Å²) in [5.41, 5.74) is 2.12. The molecule has 0 bridgehead atoms. The highest BCUT2D eigenvalue weighted by Crippen LogP contribution is 2.22. The second-order valence-electron chi connectivity index (χ2n) is 8.20. The zero-order valence-electron chi connectivity index (χ0n) is 19.5. The molecular formula is C25H34FIN4O2. The van der Waals surface area contributed by atoms with Gasteiger partial charge in [-0.1, -0.05) is 36.4 Å². The first-order valence-corrected chi connectivity index (χ1v) is 11.1. The zero-order valence-corrected chi connectivity index (χ0v) is 21.8. The Kier molecular flexibility index (Phi) is 10.9. The Morgan fingerprint density at radius 3 is 2.52 bits per heavy atom. The third-order valence-corrected chi connectivity index (χ3v) is 5.99. The number of hydrogen-bond donors (Lipinski definition) is 2. The summed E-state index contributed by atoms with van der Waals surface area (Å²) in [5.74, 6) is 0.985. The lowest BCUT2D eigenvalue weighted by Crippen LogP contribution is -2.47. The molecule has 2 aromatic carbocycles. The van der Waals surface area contributed by atoms with Crippen molar-refractivity contribution in [1.82, 2.24) is 15.5 Å². The van der Waals surface area contributed by atoms with Crippen LogP contribution >= 0.6 is 24.0 Å². The molecule has 0 spiro atoms. The predicted octanol–water partition coefficient (Wildman–Crippen LogP) is 4.16. The molecule has 6 nitrogen and oxygen atoms in total. The average Bonchev–Trinajstić information content (AvgIpc) is 2.82. The number of aliphatic imine (C=N–C) groups is 1. The predicted molar refractivity (Wildman–Crippen MR) is 141 cm³/mol. The summed E-state index contributed by atoms with van der Waals surface area (Å²) in [5, 5.41) is 6.29. The van der Waals surface area contributed by atoms with Gasteiger partial charge in [0.05, 0.1) is 19.7 Å². The Morgan fingerprint density at radius 1 is 1.21 bits per heavy atom. The third-order valence-electron chi connectivity index (χ3n) is 5.99. The van der Waals surface area contributed by atoms with Crippen LogP contribution in [0.5, 0.6) is 5.75 Å². The van der Waals surface area contributed by atoms with Gasteiger partial charge >= 0.3 is 0 Å². The van der Waals surface area contributed by atoms with Crippen LogP contribution in [0.15, 0.2) is 53.5 Å². The van der Waals surface area contributed by atoms with E-state index in [9.17, 15) is 9.18 Å². The minimum absolute atomic E-state index is 0. The number of amides is 1. The molecule has 2 aromatic rings. The first kappa shape index (κ1) is 26.9. The van der Waals surface area contributed by atoms with E-state index in [1.54, 1.807) is 19.2 Å². The van der Waals surface area contributed by atoms with Crippen molar-refractivity contribution in [3.8, 4) is 5.75 Å². The number of rotatable bonds is 7. The summed E-state index contributed by atoms with van der Waals surface area (Å²) in [7, 11) is 3.09. The lowest BCUT2D eigenvalue weighted by atomic mass is 9.90. The smallest absolute Gasteiger partial charge is 0.241 e. The first-order valence-electron chi connectivity index (χ1n) is 11.1. The van der Waals surface area contributed by atoms with Crippen LogP contribution in [-0.2, 0) is 11.2 Å². The van der Waals surface area contributed by atoms with Crippen LogP contribution in [0.25, 0.3) is 0 Å². The molecule has 1 aliphatic rings. The van der Waals surface area contributed by atoms with Crippen LogP contribution < -0.4 is 15.4 Å². The van der Waals surface area contributed by atoms with Gasteiger partial charge in [-0.25, -0.2) is 4.39 Å². The van der Waals surface area contributed by atoms with Crippen LogP contribution in [0.1, 0.15) is 36.9 Å². The first-order chi connectivity index (χ1) is 15.5. The highest BCUT2D eigenvalue weighted by atomic mass is 127. The van der Waals surface area contributed by atoms with Crippen LogP contribution in [-0.4, -0.2) is 50.6 Å². The number of ether oxygens (including phenoxy) is 1. The fraction of sp³-hybridized carbons (Fsp3) is 0.440. The zero-order chi connectivity index (χ0) is 22.9. The molecule has 8 heteroatoms. The molecule has 2 N–H and O–H groups in total. The largest absolute Gasteiger partial charge is 0.494 e. The summed E-state index contributed by atoms with van der Waals surface area (Å²) in [6, 6.07) is 15.2. The van der Waals surface area contributed by atoms with E-state index in [1.807, 2.05) is 17.9 Å². The van der Waals surface area contributed by atoms with E-state index in [1.165, 1.54) is 18.7 Å². The van der Waals surface area contributed by atoms with E-state index in [-0.39, 0.29) is 48.2 Å². The number of piperidine rings is 1. The molecule has 0 aliphatic carbocycles. The molecule has 1 atom stereocenters. The van der Waals surface area contributed by atoms with Crippen molar-refractivity contribution in [1.29, 1.82) is 0 Å². The quantitative estimate of drug-likeness (QED) is 0.299. The molecular weight excluding hydrogens is 534 g/mol. The summed E-state index contributed by atoms with van der Waals surface area (Å²) in [6.07, 6.45) is 3.11. The number of likely N-dealkylation sites (tertiary alicyclic amines) is 1. The van der Waals surface area contributed by atoms with Crippen molar-refractivity contribution >= 4 is 35.8 Å². The summed E-state index contributed by atoms with van der Waals surface area (Å²) in [4.78, 5) is 18.8. The fourth-order valence-electron chi connectivity index (χ4n) is 4.04. The molecule has 3 rings (SSSR count). The number of benzene rings is 2. The van der Waals surface area contributed by atoms with Gasteiger partial charge in [0, 0.05) is 20.1 Å². The molecule has 0 aromatic heterocycles. The molecule has 1 fully saturated rings. The van der Waals surface area contributed by atoms with E-state index < -0.39 is 5.82 Å². The second-order valence-corrected chi connectivity index (χ2v) is 8.20. The number of halogens is 2. The lowest BCUT2D eigenvalue weighted by molar-refractivity contribution is -0.131. The standard InChI is InChI=1S/C25H33FN4O2.HI/c1-18(21-9-10-23(32-3)22(26)16-21)29-25(27-2)28-17-24(31)30-13-11-20(12-14-30)15-19-7-5-4-6-8-19;/h4-10,16,18,20H,11-15,17H2,1-3H3,(H2,27,28,29);1H. The van der Waals surface area contributed by atoms with Crippen LogP contribution in [0.2, 0.25) is 0 Å². The SMILES string of the molecule is CN=C(NCC(=O)N1CCC(Cc2ccccc2)CC1)NC(C)c1ccc(OC)c(F)c1.I. The van der Waals surface area contributed by atoms with E-state index >= 15 is 0 Å². The summed E-state index contributed by atoms with van der Waals surface area (Å²) in [6.45, 7) is 3.65. The van der Waals surface area contributed by atoms with Gasteiger partial charge in [-0.05, 0) is 55.4 Å². The van der Waals surface area contributed by atoms with Crippen LogP contribution in [0.4, 0.5) is 4.39 Å². The van der Waals surface area contributed by atoms with Crippen molar-refractivity contribution in [3.05, 3.63) is 65.5 Å².